The van der Waals surface area contributed by atoms with Crippen LogP contribution in [0, 0.1) is 0 Å². The van der Waals surface area contributed by atoms with Crippen molar-refractivity contribution >= 4 is 10.9 Å². The summed E-state index contributed by atoms with van der Waals surface area (Å²) < 4.78 is 16.2. The van der Waals surface area contributed by atoms with Crippen LogP contribution < -0.4 is 19.6 Å². The molecular weight excluding hydrogens is 330 g/mol. The molecule has 0 aliphatic heterocycles. The number of aromatic amines is 1. The summed E-state index contributed by atoms with van der Waals surface area (Å²) >= 11 is 0. The summed E-state index contributed by atoms with van der Waals surface area (Å²) in [6, 6.07) is 11.2. The lowest BCUT2D eigenvalue weighted by atomic mass is 9.98. The molecule has 2 aromatic carbocycles. The molecule has 0 bridgehead atoms. The van der Waals surface area contributed by atoms with Crippen LogP contribution in [0.15, 0.2) is 41.2 Å². The van der Waals surface area contributed by atoms with Gasteiger partial charge in [-0.3, -0.25) is 4.79 Å². The minimum atomic E-state index is -0.0332. The molecule has 0 saturated heterocycles. The molecule has 1 aromatic heterocycles. The van der Waals surface area contributed by atoms with Crippen LogP contribution in [-0.4, -0.2) is 26.3 Å². The average Bonchev–Trinajstić information content (AvgIpc) is 2.69. The number of rotatable bonds is 6. The third kappa shape index (κ3) is 3.01. The van der Waals surface area contributed by atoms with Gasteiger partial charge in [-0.1, -0.05) is 25.5 Å². The van der Waals surface area contributed by atoms with E-state index in [1.165, 1.54) is 0 Å². The van der Waals surface area contributed by atoms with Crippen LogP contribution in [0.2, 0.25) is 0 Å². The van der Waals surface area contributed by atoms with Gasteiger partial charge in [0, 0.05) is 11.1 Å². The largest absolute Gasteiger partial charge is 0.497 e. The third-order valence-electron chi connectivity index (χ3n) is 4.48. The zero-order valence-electron chi connectivity index (χ0n) is 15.5. The van der Waals surface area contributed by atoms with E-state index in [4.69, 9.17) is 14.2 Å². The Bertz CT molecular complexity index is 991. The molecule has 0 radical (unpaired) electrons. The van der Waals surface area contributed by atoms with Crippen molar-refractivity contribution in [2.75, 3.05) is 21.3 Å². The summed E-state index contributed by atoms with van der Waals surface area (Å²) in [6.07, 6.45) is 1.52. The predicted octanol–water partition coefficient (Wildman–Crippen LogP) is 4.17. The molecule has 0 atom stereocenters. The topological polar surface area (TPSA) is 60.6 Å². The summed E-state index contributed by atoms with van der Waals surface area (Å²) in [5.74, 6) is 1.88. The number of H-pyrrole nitrogens is 1. The van der Waals surface area contributed by atoms with Crippen molar-refractivity contribution in [3.05, 3.63) is 52.2 Å². The van der Waals surface area contributed by atoms with Crippen LogP contribution in [-0.2, 0) is 6.42 Å². The molecule has 1 heterocycles. The number of hydrogen-bond acceptors (Lipinski definition) is 4. The molecule has 5 nitrogen and oxygen atoms in total. The fraction of sp³-hybridized carbons (Fsp3) is 0.286. The number of aromatic nitrogens is 1. The van der Waals surface area contributed by atoms with Crippen molar-refractivity contribution in [1.29, 1.82) is 0 Å². The van der Waals surface area contributed by atoms with Gasteiger partial charge < -0.3 is 19.2 Å². The SMILES string of the molecule is CCCc1c(-c2cccc(OC)c2)[nH]c2c(OC)ccc(OC)c2c1=O. The van der Waals surface area contributed by atoms with Crippen LogP contribution >= 0.6 is 0 Å². The molecule has 0 spiro atoms. The van der Waals surface area contributed by atoms with Crippen LogP contribution in [0.5, 0.6) is 17.2 Å². The highest BCUT2D eigenvalue weighted by molar-refractivity contribution is 5.92. The van der Waals surface area contributed by atoms with Crippen molar-refractivity contribution in [2.24, 2.45) is 0 Å². The average molecular weight is 353 g/mol. The highest BCUT2D eigenvalue weighted by atomic mass is 16.5. The molecule has 0 aliphatic carbocycles. The number of hydrogen-bond donors (Lipinski definition) is 1. The van der Waals surface area contributed by atoms with E-state index in [1.54, 1.807) is 33.5 Å². The molecule has 3 aromatic rings. The normalized spacial score (nSPS) is 10.8. The summed E-state index contributed by atoms with van der Waals surface area (Å²) in [7, 11) is 4.78. The Morgan fingerprint density at radius 2 is 1.69 bits per heavy atom. The molecule has 136 valence electrons. The third-order valence-corrected chi connectivity index (χ3v) is 4.48. The van der Waals surface area contributed by atoms with E-state index in [0.717, 1.165) is 29.0 Å². The maximum Gasteiger partial charge on any atom is 0.197 e. The first kappa shape index (κ1) is 17.9. The Morgan fingerprint density at radius 3 is 2.35 bits per heavy atom. The fourth-order valence-electron chi connectivity index (χ4n) is 3.23. The maximum atomic E-state index is 13.3. The number of nitrogens with one attached hydrogen (secondary N) is 1. The van der Waals surface area contributed by atoms with Crippen LogP contribution in [0.1, 0.15) is 18.9 Å². The molecule has 0 unspecified atom stereocenters. The van der Waals surface area contributed by atoms with E-state index >= 15 is 0 Å². The van der Waals surface area contributed by atoms with Crippen molar-refractivity contribution in [1.82, 2.24) is 4.98 Å². The highest BCUT2D eigenvalue weighted by Crippen LogP contribution is 2.33. The summed E-state index contributed by atoms with van der Waals surface area (Å²) in [4.78, 5) is 16.8. The quantitative estimate of drug-likeness (QED) is 0.722. The van der Waals surface area contributed by atoms with E-state index in [0.29, 0.717) is 28.8 Å². The summed E-state index contributed by atoms with van der Waals surface area (Å²) in [5.41, 5.74) is 3.02. The van der Waals surface area contributed by atoms with Gasteiger partial charge in [0.1, 0.15) is 17.2 Å². The smallest absolute Gasteiger partial charge is 0.197 e. The number of benzene rings is 2. The van der Waals surface area contributed by atoms with E-state index in [-0.39, 0.29) is 5.43 Å². The first-order chi connectivity index (χ1) is 12.6. The predicted molar refractivity (Wildman–Crippen MR) is 104 cm³/mol. The first-order valence-electron chi connectivity index (χ1n) is 8.58. The van der Waals surface area contributed by atoms with Crippen molar-refractivity contribution in [3.8, 4) is 28.5 Å². The van der Waals surface area contributed by atoms with Crippen LogP contribution in [0.3, 0.4) is 0 Å². The molecular formula is C21H23NO4. The lowest BCUT2D eigenvalue weighted by molar-refractivity contribution is 0.409. The number of fused-ring (bicyclic) bond motifs is 1. The van der Waals surface area contributed by atoms with Gasteiger partial charge in [-0.25, -0.2) is 0 Å². The molecule has 1 N–H and O–H groups in total. The van der Waals surface area contributed by atoms with E-state index in [9.17, 15) is 4.79 Å². The molecule has 0 fully saturated rings. The number of methoxy groups -OCH3 is 3. The Morgan fingerprint density at radius 1 is 0.962 bits per heavy atom. The second kappa shape index (κ2) is 7.52. The second-order valence-corrected chi connectivity index (χ2v) is 6.01. The zero-order chi connectivity index (χ0) is 18.7. The fourth-order valence-corrected chi connectivity index (χ4v) is 3.23. The van der Waals surface area contributed by atoms with Gasteiger partial charge in [-0.2, -0.15) is 0 Å². The Kier molecular flexibility index (Phi) is 5.16. The monoisotopic (exact) mass is 353 g/mol. The van der Waals surface area contributed by atoms with E-state index in [1.807, 2.05) is 24.3 Å². The van der Waals surface area contributed by atoms with Gasteiger partial charge in [0.25, 0.3) is 0 Å². The van der Waals surface area contributed by atoms with Gasteiger partial charge in [0.15, 0.2) is 5.43 Å². The standard InChI is InChI=1S/C21H23NO4/c1-5-7-15-19(13-8-6-9-14(12-13)24-2)22-20-17(26-4)11-10-16(25-3)18(20)21(15)23/h6,8-12H,5,7H2,1-4H3,(H,22,23). The zero-order valence-corrected chi connectivity index (χ0v) is 15.5. The van der Waals surface area contributed by atoms with E-state index < -0.39 is 0 Å². The lowest BCUT2D eigenvalue weighted by Gasteiger charge is -2.15. The van der Waals surface area contributed by atoms with E-state index in [2.05, 4.69) is 11.9 Å². The molecule has 3 rings (SSSR count). The number of pyridine rings is 1. The molecule has 26 heavy (non-hydrogen) atoms. The van der Waals surface area contributed by atoms with Gasteiger partial charge in [0.05, 0.1) is 37.9 Å². The Balaban J connectivity index is 2.41. The summed E-state index contributed by atoms with van der Waals surface area (Å²) in [5, 5.41) is 0.516. The molecule has 0 amide bonds. The van der Waals surface area contributed by atoms with Crippen molar-refractivity contribution < 1.29 is 14.2 Å². The minimum Gasteiger partial charge on any atom is -0.497 e. The highest BCUT2D eigenvalue weighted by Gasteiger charge is 2.19. The van der Waals surface area contributed by atoms with Gasteiger partial charge in [-0.05, 0) is 30.7 Å². The lowest BCUT2D eigenvalue weighted by Crippen LogP contribution is -2.14. The first-order valence-corrected chi connectivity index (χ1v) is 8.58. The second-order valence-electron chi connectivity index (χ2n) is 6.01. The Hall–Kier alpha value is -2.95. The van der Waals surface area contributed by atoms with Gasteiger partial charge in [0.2, 0.25) is 0 Å². The Labute approximate surface area is 152 Å². The van der Waals surface area contributed by atoms with Crippen molar-refractivity contribution in [3.63, 3.8) is 0 Å². The maximum absolute atomic E-state index is 13.3. The van der Waals surface area contributed by atoms with Crippen molar-refractivity contribution in [2.45, 2.75) is 19.8 Å². The molecule has 0 saturated carbocycles. The van der Waals surface area contributed by atoms with Gasteiger partial charge >= 0.3 is 0 Å². The molecule has 5 heteroatoms. The number of ether oxygens (including phenoxy) is 3. The van der Waals surface area contributed by atoms with Crippen LogP contribution in [0.4, 0.5) is 0 Å². The molecule has 0 aliphatic rings. The van der Waals surface area contributed by atoms with Gasteiger partial charge in [-0.15, -0.1) is 0 Å². The minimum absolute atomic E-state index is 0.0332. The summed E-state index contributed by atoms with van der Waals surface area (Å²) in [6.45, 7) is 2.06. The van der Waals surface area contributed by atoms with Crippen LogP contribution in [0.25, 0.3) is 22.2 Å².